The first-order valence-corrected chi connectivity index (χ1v) is 5.84. The first-order valence-electron chi connectivity index (χ1n) is 5.84. The third-order valence-corrected chi connectivity index (χ3v) is 3.20. The summed E-state index contributed by atoms with van der Waals surface area (Å²) in [5.41, 5.74) is 3.94. The smallest absolute Gasteiger partial charge is 0.0366 e. The molecule has 1 heterocycles. The highest BCUT2D eigenvalue weighted by atomic mass is 15.2. The highest BCUT2D eigenvalue weighted by molar-refractivity contribution is 5.66. The zero-order valence-electron chi connectivity index (χ0n) is 9.26. The van der Waals surface area contributed by atoms with E-state index in [4.69, 9.17) is 0 Å². The van der Waals surface area contributed by atoms with Crippen LogP contribution in [-0.2, 0) is 0 Å². The molecule has 0 radical (unpaired) electrons. The number of rotatable bonds is 2. The van der Waals surface area contributed by atoms with E-state index in [9.17, 15) is 0 Å². The van der Waals surface area contributed by atoms with E-state index in [1.165, 1.54) is 36.3 Å². The van der Waals surface area contributed by atoms with Crippen molar-refractivity contribution >= 4 is 5.69 Å². The summed E-state index contributed by atoms with van der Waals surface area (Å²) in [6.07, 6.45) is 1.33. The molecular formula is C15H15N. The van der Waals surface area contributed by atoms with Crippen LogP contribution in [0.25, 0.3) is 11.1 Å². The first kappa shape index (κ1) is 9.46. The van der Waals surface area contributed by atoms with E-state index in [2.05, 4.69) is 59.5 Å². The predicted octanol–water partition coefficient (Wildman–Crippen LogP) is 3.56. The first-order chi connectivity index (χ1) is 7.93. The summed E-state index contributed by atoms with van der Waals surface area (Å²) in [5.74, 6) is 0. The van der Waals surface area contributed by atoms with Gasteiger partial charge in [0, 0.05) is 18.8 Å². The van der Waals surface area contributed by atoms with Crippen LogP contribution in [0.15, 0.2) is 54.6 Å². The molecule has 0 N–H and O–H groups in total. The second-order valence-corrected chi connectivity index (χ2v) is 4.25. The van der Waals surface area contributed by atoms with Gasteiger partial charge < -0.3 is 4.90 Å². The molecule has 3 rings (SSSR count). The molecule has 0 aromatic heterocycles. The third kappa shape index (κ3) is 1.69. The highest BCUT2D eigenvalue weighted by Gasteiger charge is 2.13. The summed E-state index contributed by atoms with van der Waals surface area (Å²) in [6, 6.07) is 19.4. The molecule has 80 valence electrons. The standard InChI is InChI=1S/C15H15N/c1-2-5-13(6-3-1)14-7-9-15(10-8-14)16-11-4-12-16/h1-3,5-10H,4,11-12H2. The monoisotopic (exact) mass is 209 g/mol. The fourth-order valence-electron chi connectivity index (χ4n) is 2.07. The Hall–Kier alpha value is -1.76. The van der Waals surface area contributed by atoms with Crippen molar-refractivity contribution in [2.45, 2.75) is 6.42 Å². The second kappa shape index (κ2) is 4.01. The summed E-state index contributed by atoms with van der Waals surface area (Å²) in [6.45, 7) is 2.43. The third-order valence-electron chi connectivity index (χ3n) is 3.20. The van der Waals surface area contributed by atoms with E-state index < -0.39 is 0 Å². The Morgan fingerprint density at radius 3 is 1.88 bits per heavy atom. The average Bonchev–Trinajstić information content (AvgIpc) is 2.29. The van der Waals surface area contributed by atoms with Gasteiger partial charge in [-0.3, -0.25) is 0 Å². The van der Waals surface area contributed by atoms with Crippen LogP contribution in [0.2, 0.25) is 0 Å². The summed E-state index contributed by atoms with van der Waals surface area (Å²) >= 11 is 0. The molecule has 16 heavy (non-hydrogen) atoms. The van der Waals surface area contributed by atoms with E-state index in [0.717, 1.165) is 0 Å². The van der Waals surface area contributed by atoms with Gasteiger partial charge in [-0.2, -0.15) is 0 Å². The minimum Gasteiger partial charge on any atom is -0.371 e. The summed E-state index contributed by atoms with van der Waals surface area (Å²) in [7, 11) is 0. The van der Waals surface area contributed by atoms with Gasteiger partial charge in [-0.15, -0.1) is 0 Å². The minimum atomic E-state index is 1.21. The van der Waals surface area contributed by atoms with Crippen molar-refractivity contribution in [3.8, 4) is 11.1 Å². The maximum absolute atomic E-state index is 2.41. The van der Waals surface area contributed by atoms with Gasteiger partial charge in [0.1, 0.15) is 0 Å². The Labute approximate surface area is 96.3 Å². The van der Waals surface area contributed by atoms with E-state index in [-0.39, 0.29) is 0 Å². The molecule has 0 unspecified atom stereocenters. The van der Waals surface area contributed by atoms with Crippen LogP contribution >= 0.6 is 0 Å². The van der Waals surface area contributed by atoms with Gasteiger partial charge in [0.25, 0.3) is 0 Å². The van der Waals surface area contributed by atoms with Crippen LogP contribution < -0.4 is 4.90 Å². The van der Waals surface area contributed by atoms with Gasteiger partial charge in [0.05, 0.1) is 0 Å². The van der Waals surface area contributed by atoms with Crippen LogP contribution in [0.1, 0.15) is 6.42 Å². The number of hydrogen-bond acceptors (Lipinski definition) is 1. The summed E-state index contributed by atoms with van der Waals surface area (Å²) in [5, 5.41) is 0. The van der Waals surface area contributed by atoms with E-state index in [1.54, 1.807) is 0 Å². The van der Waals surface area contributed by atoms with Crippen LogP contribution in [0.3, 0.4) is 0 Å². The predicted molar refractivity (Wildman–Crippen MR) is 68.7 cm³/mol. The molecule has 1 aliphatic heterocycles. The molecule has 0 bridgehead atoms. The molecule has 1 saturated heterocycles. The highest BCUT2D eigenvalue weighted by Crippen LogP contribution is 2.25. The summed E-state index contributed by atoms with van der Waals surface area (Å²) < 4.78 is 0. The molecule has 1 fully saturated rings. The van der Waals surface area contributed by atoms with Crippen LogP contribution in [0.4, 0.5) is 5.69 Å². The van der Waals surface area contributed by atoms with Crippen LogP contribution in [0, 0.1) is 0 Å². The lowest BCUT2D eigenvalue weighted by Gasteiger charge is -2.33. The number of nitrogens with zero attached hydrogens (tertiary/aromatic N) is 1. The Kier molecular flexibility index (Phi) is 2.37. The fourth-order valence-corrected chi connectivity index (χ4v) is 2.07. The molecule has 0 spiro atoms. The SMILES string of the molecule is c1ccc(-c2ccc(N3CCC3)cc2)cc1. The van der Waals surface area contributed by atoms with Gasteiger partial charge in [-0.25, -0.2) is 0 Å². The molecule has 1 heteroatoms. The Morgan fingerprint density at radius 1 is 0.688 bits per heavy atom. The van der Waals surface area contributed by atoms with Gasteiger partial charge in [0.15, 0.2) is 0 Å². The van der Waals surface area contributed by atoms with E-state index >= 15 is 0 Å². The van der Waals surface area contributed by atoms with Gasteiger partial charge in [-0.1, -0.05) is 42.5 Å². The summed E-state index contributed by atoms with van der Waals surface area (Å²) in [4.78, 5) is 2.41. The zero-order chi connectivity index (χ0) is 10.8. The molecule has 2 aromatic rings. The topological polar surface area (TPSA) is 3.24 Å². The Balaban J connectivity index is 1.87. The van der Waals surface area contributed by atoms with Crippen molar-refractivity contribution in [1.29, 1.82) is 0 Å². The lowest BCUT2D eigenvalue weighted by atomic mass is 10.0. The maximum Gasteiger partial charge on any atom is 0.0366 e. The van der Waals surface area contributed by atoms with Crippen molar-refractivity contribution in [2.24, 2.45) is 0 Å². The number of anilines is 1. The van der Waals surface area contributed by atoms with Crippen molar-refractivity contribution in [1.82, 2.24) is 0 Å². The maximum atomic E-state index is 2.41. The quantitative estimate of drug-likeness (QED) is 0.731. The normalized spacial score (nSPS) is 14.6. The van der Waals surface area contributed by atoms with Gasteiger partial charge in [-0.05, 0) is 29.7 Å². The van der Waals surface area contributed by atoms with Crippen molar-refractivity contribution in [3.63, 3.8) is 0 Å². The second-order valence-electron chi connectivity index (χ2n) is 4.25. The minimum absolute atomic E-state index is 1.21. The van der Waals surface area contributed by atoms with Crippen molar-refractivity contribution in [3.05, 3.63) is 54.6 Å². The molecular weight excluding hydrogens is 194 g/mol. The van der Waals surface area contributed by atoms with Gasteiger partial charge in [0.2, 0.25) is 0 Å². The van der Waals surface area contributed by atoms with Crippen LogP contribution in [0.5, 0.6) is 0 Å². The van der Waals surface area contributed by atoms with E-state index in [0.29, 0.717) is 0 Å². The van der Waals surface area contributed by atoms with Crippen molar-refractivity contribution < 1.29 is 0 Å². The molecule has 0 saturated carbocycles. The largest absolute Gasteiger partial charge is 0.371 e. The average molecular weight is 209 g/mol. The number of hydrogen-bond donors (Lipinski definition) is 0. The number of benzene rings is 2. The molecule has 0 atom stereocenters. The van der Waals surface area contributed by atoms with Crippen molar-refractivity contribution in [2.75, 3.05) is 18.0 Å². The Morgan fingerprint density at radius 2 is 1.31 bits per heavy atom. The van der Waals surface area contributed by atoms with E-state index in [1.807, 2.05) is 0 Å². The molecule has 0 aliphatic carbocycles. The zero-order valence-corrected chi connectivity index (χ0v) is 9.26. The molecule has 1 aliphatic rings. The molecule has 1 nitrogen and oxygen atoms in total. The molecule has 0 amide bonds. The van der Waals surface area contributed by atoms with Gasteiger partial charge >= 0.3 is 0 Å². The lowest BCUT2D eigenvalue weighted by molar-refractivity contribution is 0.618. The fraction of sp³-hybridized carbons (Fsp3) is 0.200. The lowest BCUT2D eigenvalue weighted by Crippen LogP contribution is -2.36. The van der Waals surface area contributed by atoms with Crippen LogP contribution in [-0.4, -0.2) is 13.1 Å². The Bertz CT molecular complexity index is 455. The molecule has 2 aromatic carbocycles.